The Balaban J connectivity index is 1.67. The van der Waals surface area contributed by atoms with Gasteiger partial charge in [-0.05, 0) is 60.5 Å². The molecule has 0 aliphatic carbocycles. The first-order valence-corrected chi connectivity index (χ1v) is 11.4. The van der Waals surface area contributed by atoms with E-state index in [-0.39, 0.29) is 11.5 Å². The highest BCUT2D eigenvalue weighted by molar-refractivity contribution is 7.89. The van der Waals surface area contributed by atoms with Gasteiger partial charge in [0.25, 0.3) is 10.0 Å². The normalized spacial score (nSPS) is 11.5. The molecular weight excluding hydrogens is 459 g/mol. The van der Waals surface area contributed by atoms with Gasteiger partial charge in [-0.15, -0.1) is 0 Å². The van der Waals surface area contributed by atoms with E-state index in [4.69, 9.17) is 32.7 Å². The average molecular weight is 479 g/mol. The first-order valence-electron chi connectivity index (χ1n) is 9.15. The third-order valence-electron chi connectivity index (χ3n) is 4.28. The van der Waals surface area contributed by atoms with E-state index < -0.39 is 10.0 Å². The largest absolute Gasteiger partial charge is 0.493 e. The summed E-state index contributed by atoms with van der Waals surface area (Å²) in [6.45, 7) is 2.16. The average Bonchev–Trinajstić information content (AvgIpc) is 2.75. The molecule has 3 aromatic rings. The molecular formula is C22H20Cl2N2O4S. The fourth-order valence-electron chi connectivity index (χ4n) is 2.61. The van der Waals surface area contributed by atoms with Gasteiger partial charge in [-0.1, -0.05) is 47.0 Å². The lowest BCUT2D eigenvalue weighted by Crippen LogP contribution is -2.18. The van der Waals surface area contributed by atoms with Crippen molar-refractivity contribution in [3.63, 3.8) is 0 Å². The number of hydrogen-bond acceptors (Lipinski definition) is 5. The fourth-order valence-corrected chi connectivity index (χ4v) is 3.73. The van der Waals surface area contributed by atoms with E-state index in [1.807, 2.05) is 13.0 Å². The molecule has 0 spiro atoms. The van der Waals surface area contributed by atoms with Gasteiger partial charge in [-0.2, -0.15) is 13.5 Å². The Hall–Kier alpha value is -2.74. The summed E-state index contributed by atoms with van der Waals surface area (Å²) in [4.78, 5) is 2.34. The number of methoxy groups -OCH3 is 1. The monoisotopic (exact) mass is 478 g/mol. The molecule has 0 aliphatic heterocycles. The van der Waals surface area contributed by atoms with Crippen molar-refractivity contribution < 1.29 is 17.9 Å². The van der Waals surface area contributed by atoms with Crippen LogP contribution in [0.2, 0.25) is 10.0 Å². The summed E-state index contributed by atoms with van der Waals surface area (Å²) in [6.07, 6.45) is 1.39. The number of rotatable bonds is 8. The maximum atomic E-state index is 12.3. The number of halogens is 2. The van der Waals surface area contributed by atoms with E-state index in [0.29, 0.717) is 27.1 Å². The second-order valence-electron chi connectivity index (χ2n) is 6.61. The molecule has 0 aliphatic rings. The molecule has 0 atom stereocenters. The summed E-state index contributed by atoms with van der Waals surface area (Å²) < 4.78 is 35.8. The fraction of sp³-hybridized carbons (Fsp3) is 0.136. The predicted octanol–water partition coefficient (Wildman–Crippen LogP) is 5.20. The molecule has 3 rings (SSSR count). The van der Waals surface area contributed by atoms with Gasteiger partial charge in [0, 0.05) is 0 Å². The quantitative estimate of drug-likeness (QED) is 0.356. The van der Waals surface area contributed by atoms with Crippen molar-refractivity contribution in [3.05, 3.63) is 87.4 Å². The minimum absolute atomic E-state index is 0.138. The molecule has 0 saturated heterocycles. The van der Waals surface area contributed by atoms with E-state index in [1.165, 1.54) is 25.5 Å². The molecule has 31 heavy (non-hydrogen) atoms. The molecule has 0 heterocycles. The number of ether oxygens (including phenoxy) is 2. The number of nitrogens with one attached hydrogen (secondary N) is 1. The van der Waals surface area contributed by atoms with Crippen molar-refractivity contribution in [2.45, 2.75) is 18.4 Å². The first-order chi connectivity index (χ1) is 14.8. The highest BCUT2D eigenvalue weighted by atomic mass is 35.5. The zero-order valence-corrected chi connectivity index (χ0v) is 19.1. The highest BCUT2D eigenvalue weighted by Gasteiger charge is 2.12. The molecule has 1 N–H and O–H groups in total. The molecule has 6 nitrogen and oxygen atoms in total. The maximum Gasteiger partial charge on any atom is 0.276 e. The first kappa shape index (κ1) is 22.9. The van der Waals surface area contributed by atoms with Crippen molar-refractivity contribution in [3.8, 4) is 11.5 Å². The van der Waals surface area contributed by atoms with Gasteiger partial charge in [0.1, 0.15) is 6.61 Å². The Morgan fingerprint density at radius 2 is 1.71 bits per heavy atom. The number of aryl methyl sites for hydroxylation is 1. The molecule has 9 heteroatoms. The van der Waals surface area contributed by atoms with Gasteiger partial charge in [-0.25, -0.2) is 4.83 Å². The van der Waals surface area contributed by atoms with Crippen molar-refractivity contribution >= 4 is 39.4 Å². The Bertz CT molecular complexity index is 1200. The van der Waals surface area contributed by atoms with Crippen LogP contribution in [0.15, 0.2) is 70.7 Å². The minimum Gasteiger partial charge on any atom is -0.493 e. The number of hydrazone groups is 1. The predicted molar refractivity (Wildman–Crippen MR) is 123 cm³/mol. The smallest absolute Gasteiger partial charge is 0.276 e. The van der Waals surface area contributed by atoms with Crippen LogP contribution in [0.1, 0.15) is 16.7 Å². The summed E-state index contributed by atoms with van der Waals surface area (Å²) in [7, 11) is -2.22. The molecule has 0 saturated carbocycles. The second kappa shape index (κ2) is 10.0. The van der Waals surface area contributed by atoms with Crippen LogP contribution in [-0.4, -0.2) is 21.7 Å². The SMILES string of the molecule is COc1cc(/C=N\NS(=O)(=O)c2ccc(C)cc2)ccc1OCc1ccc(Cl)c(Cl)c1. The number of hydrogen-bond donors (Lipinski definition) is 1. The number of benzene rings is 3. The molecule has 0 fully saturated rings. The van der Waals surface area contributed by atoms with Gasteiger partial charge in [0.2, 0.25) is 0 Å². The van der Waals surface area contributed by atoms with Crippen molar-refractivity contribution in [1.29, 1.82) is 0 Å². The number of sulfonamides is 1. The molecule has 0 radical (unpaired) electrons. The Kier molecular flexibility index (Phi) is 7.43. The molecule has 0 bridgehead atoms. The van der Waals surface area contributed by atoms with Crippen molar-refractivity contribution in [1.82, 2.24) is 4.83 Å². The van der Waals surface area contributed by atoms with E-state index >= 15 is 0 Å². The van der Waals surface area contributed by atoms with Crippen molar-refractivity contribution in [2.75, 3.05) is 7.11 Å². The van der Waals surface area contributed by atoms with Crippen LogP contribution in [0.5, 0.6) is 11.5 Å². The summed E-state index contributed by atoms with van der Waals surface area (Å²) in [5.41, 5.74) is 2.45. The lowest BCUT2D eigenvalue weighted by atomic mass is 10.2. The van der Waals surface area contributed by atoms with Crippen LogP contribution in [-0.2, 0) is 16.6 Å². The highest BCUT2D eigenvalue weighted by Crippen LogP contribution is 2.29. The van der Waals surface area contributed by atoms with Gasteiger partial charge >= 0.3 is 0 Å². The Morgan fingerprint density at radius 3 is 2.39 bits per heavy atom. The second-order valence-corrected chi connectivity index (χ2v) is 9.09. The van der Waals surface area contributed by atoms with Crippen molar-refractivity contribution in [2.24, 2.45) is 5.10 Å². The zero-order chi connectivity index (χ0) is 22.4. The summed E-state index contributed by atoms with van der Waals surface area (Å²) in [5.74, 6) is 0.997. The van der Waals surface area contributed by atoms with Crippen LogP contribution in [0.3, 0.4) is 0 Å². The Morgan fingerprint density at radius 1 is 0.968 bits per heavy atom. The standard InChI is InChI=1S/C22H20Cl2N2O4S/c1-15-3-7-18(8-4-15)31(27,28)26-25-13-16-6-10-21(22(12-16)29-2)30-14-17-5-9-19(23)20(24)11-17/h3-13,26H,14H2,1-2H3/b25-13-. The lowest BCUT2D eigenvalue weighted by molar-refractivity contribution is 0.284. The third kappa shape index (κ3) is 6.13. The van der Waals surface area contributed by atoms with Crippen LogP contribution in [0, 0.1) is 6.92 Å². The molecule has 0 unspecified atom stereocenters. The van der Waals surface area contributed by atoms with E-state index in [0.717, 1.165) is 11.1 Å². The maximum absolute atomic E-state index is 12.3. The topological polar surface area (TPSA) is 77.0 Å². The Labute approximate surface area is 191 Å². The molecule has 3 aromatic carbocycles. The summed E-state index contributed by atoms with van der Waals surface area (Å²) in [5, 5.41) is 4.77. The molecule has 0 aromatic heterocycles. The molecule has 162 valence electrons. The van der Waals surface area contributed by atoms with Crippen LogP contribution in [0.25, 0.3) is 0 Å². The summed E-state index contributed by atoms with van der Waals surface area (Å²) in [6, 6.07) is 16.9. The van der Waals surface area contributed by atoms with Gasteiger partial charge in [0.15, 0.2) is 11.5 Å². The zero-order valence-electron chi connectivity index (χ0n) is 16.8. The molecule has 0 amide bonds. The van der Waals surface area contributed by atoms with E-state index in [1.54, 1.807) is 42.5 Å². The van der Waals surface area contributed by atoms with Gasteiger partial charge < -0.3 is 9.47 Å². The summed E-state index contributed by atoms with van der Waals surface area (Å²) >= 11 is 12.0. The van der Waals surface area contributed by atoms with Crippen LogP contribution >= 0.6 is 23.2 Å². The lowest BCUT2D eigenvalue weighted by Gasteiger charge is -2.12. The van der Waals surface area contributed by atoms with Gasteiger partial charge in [-0.3, -0.25) is 0 Å². The minimum atomic E-state index is -3.74. The third-order valence-corrected chi connectivity index (χ3v) is 6.26. The van der Waals surface area contributed by atoms with Crippen LogP contribution < -0.4 is 14.3 Å². The van der Waals surface area contributed by atoms with E-state index in [2.05, 4.69) is 9.93 Å². The van der Waals surface area contributed by atoms with Gasteiger partial charge in [0.05, 0.1) is 28.3 Å². The van der Waals surface area contributed by atoms with E-state index in [9.17, 15) is 8.42 Å². The van der Waals surface area contributed by atoms with Crippen LogP contribution in [0.4, 0.5) is 0 Å². The number of nitrogens with zero attached hydrogens (tertiary/aromatic N) is 1.